The lowest BCUT2D eigenvalue weighted by molar-refractivity contribution is 0.248. The second-order valence-corrected chi connectivity index (χ2v) is 4.84. The van der Waals surface area contributed by atoms with Crippen molar-refractivity contribution < 1.29 is 4.79 Å². The molecule has 1 atom stereocenters. The summed E-state index contributed by atoms with van der Waals surface area (Å²) in [7, 11) is 0. The van der Waals surface area contributed by atoms with Gasteiger partial charge in [-0.3, -0.25) is 5.32 Å². The summed E-state index contributed by atoms with van der Waals surface area (Å²) in [5.74, 6) is 1.15. The molecule has 2 rings (SSSR count). The molecule has 0 unspecified atom stereocenters. The minimum atomic E-state index is -0.362. The maximum atomic E-state index is 12.1. The lowest BCUT2D eigenvalue weighted by Crippen LogP contribution is -2.37. The minimum absolute atomic E-state index is 0.169. The average molecular weight is 298 g/mol. The van der Waals surface area contributed by atoms with Crippen molar-refractivity contribution in [2.24, 2.45) is 0 Å². The molecule has 0 aliphatic rings. The highest BCUT2D eigenvalue weighted by Gasteiger charge is 2.14. The highest BCUT2D eigenvalue weighted by Crippen LogP contribution is 2.15. The normalized spacial score (nSPS) is 11.5. The molecule has 7 heteroatoms. The Balaban J connectivity index is 2.13. The van der Waals surface area contributed by atoms with Crippen LogP contribution in [-0.2, 0) is 0 Å². The van der Waals surface area contributed by atoms with Crippen molar-refractivity contribution >= 4 is 11.8 Å². The van der Waals surface area contributed by atoms with E-state index in [9.17, 15) is 4.79 Å². The number of pyridine rings is 1. The SMILES string of the molecule is CC[C@@H](CC#N)NC(=O)Nc1cc(C)nn1-c1ccccn1. The highest BCUT2D eigenvalue weighted by molar-refractivity contribution is 5.88. The summed E-state index contributed by atoms with van der Waals surface area (Å²) >= 11 is 0. The van der Waals surface area contributed by atoms with Crippen LogP contribution in [0.1, 0.15) is 25.5 Å². The topological polar surface area (TPSA) is 95.6 Å². The molecular weight excluding hydrogens is 280 g/mol. The van der Waals surface area contributed by atoms with Crippen molar-refractivity contribution in [3.05, 3.63) is 36.2 Å². The molecule has 2 aromatic rings. The van der Waals surface area contributed by atoms with E-state index in [1.807, 2.05) is 26.0 Å². The van der Waals surface area contributed by atoms with Crippen LogP contribution in [0.5, 0.6) is 0 Å². The zero-order valence-corrected chi connectivity index (χ0v) is 12.6. The molecule has 2 N–H and O–H groups in total. The summed E-state index contributed by atoms with van der Waals surface area (Å²) in [6, 6.07) is 8.76. The van der Waals surface area contributed by atoms with E-state index < -0.39 is 0 Å². The van der Waals surface area contributed by atoms with Crippen LogP contribution in [0.3, 0.4) is 0 Å². The van der Waals surface area contributed by atoms with E-state index in [1.54, 1.807) is 23.0 Å². The van der Waals surface area contributed by atoms with Gasteiger partial charge < -0.3 is 5.32 Å². The number of amides is 2. The molecule has 0 aliphatic heterocycles. The van der Waals surface area contributed by atoms with Gasteiger partial charge in [-0.15, -0.1) is 0 Å². The van der Waals surface area contributed by atoms with Gasteiger partial charge in [-0.2, -0.15) is 15.0 Å². The summed E-state index contributed by atoms with van der Waals surface area (Å²) in [6.45, 7) is 3.76. The Morgan fingerprint density at radius 2 is 2.32 bits per heavy atom. The number of hydrogen-bond donors (Lipinski definition) is 2. The number of hydrogen-bond acceptors (Lipinski definition) is 4. The standard InChI is InChI=1S/C15H18N6O/c1-3-12(7-8-16)18-15(22)19-14-10-11(2)20-21(14)13-6-4-5-9-17-13/h4-6,9-10,12H,3,7H2,1-2H3,(H2,18,19,22)/t12-/m0/s1. The van der Waals surface area contributed by atoms with Gasteiger partial charge in [0.15, 0.2) is 5.82 Å². The monoisotopic (exact) mass is 298 g/mol. The first-order valence-corrected chi connectivity index (χ1v) is 7.06. The van der Waals surface area contributed by atoms with Gasteiger partial charge in [-0.05, 0) is 25.5 Å². The Labute approximate surface area is 129 Å². The molecule has 2 aromatic heterocycles. The number of anilines is 1. The van der Waals surface area contributed by atoms with Crippen molar-refractivity contribution in [1.29, 1.82) is 5.26 Å². The number of carbonyl (C=O) groups excluding carboxylic acids is 1. The molecule has 22 heavy (non-hydrogen) atoms. The van der Waals surface area contributed by atoms with Crippen molar-refractivity contribution in [3.8, 4) is 11.9 Å². The third-order valence-electron chi connectivity index (χ3n) is 3.11. The number of nitrogens with one attached hydrogen (secondary N) is 2. The third kappa shape index (κ3) is 3.82. The first-order chi connectivity index (χ1) is 10.6. The molecule has 2 amide bonds. The van der Waals surface area contributed by atoms with Gasteiger partial charge >= 0.3 is 6.03 Å². The fourth-order valence-electron chi connectivity index (χ4n) is 1.99. The van der Waals surface area contributed by atoms with Gasteiger partial charge in [0.2, 0.25) is 0 Å². The molecule has 0 saturated carbocycles. The third-order valence-corrected chi connectivity index (χ3v) is 3.11. The predicted octanol–water partition coefficient (Wildman–Crippen LogP) is 2.39. The molecule has 114 valence electrons. The van der Waals surface area contributed by atoms with Crippen LogP contribution in [0.4, 0.5) is 10.6 Å². The largest absolute Gasteiger partial charge is 0.334 e. The number of aryl methyl sites for hydroxylation is 1. The number of urea groups is 1. The fraction of sp³-hybridized carbons (Fsp3) is 0.333. The maximum Gasteiger partial charge on any atom is 0.320 e. The van der Waals surface area contributed by atoms with Crippen LogP contribution in [0.2, 0.25) is 0 Å². The van der Waals surface area contributed by atoms with Crippen molar-refractivity contribution in [1.82, 2.24) is 20.1 Å². The quantitative estimate of drug-likeness (QED) is 0.885. The van der Waals surface area contributed by atoms with Crippen LogP contribution < -0.4 is 10.6 Å². The summed E-state index contributed by atoms with van der Waals surface area (Å²) in [5.41, 5.74) is 0.769. The smallest absolute Gasteiger partial charge is 0.320 e. The van der Waals surface area contributed by atoms with Crippen LogP contribution in [-0.4, -0.2) is 26.8 Å². The molecule has 0 fully saturated rings. The second kappa shape index (κ2) is 7.22. The highest BCUT2D eigenvalue weighted by atomic mass is 16.2. The zero-order valence-electron chi connectivity index (χ0n) is 12.6. The second-order valence-electron chi connectivity index (χ2n) is 4.84. The van der Waals surface area contributed by atoms with Crippen molar-refractivity contribution in [2.45, 2.75) is 32.7 Å². The number of carbonyl (C=O) groups is 1. The van der Waals surface area contributed by atoms with Crippen molar-refractivity contribution in [3.63, 3.8) is 0 Å². The van der Waals surface area contributed by atoms with Gasteiger partial charge in [-0.1, -0.05) is 13.0 Å². The summed E-state index contributed by atoms with van der Waals surface area (Å²) in [5, 5.41) is 18.6. The Hall–Kier alpha value is -2.88. The molecule has 0 radical (unpaired) electrons. The first-order valence-electron chi connectivity index (χ1n) is 7.06. The minimum Gasteiger partial charge on any atom is -0.334 e. The lowest BCUT2D eigenvalue weighted by atomic mass is 10.2. The average Bonchev–Trinajstić information content (AvgIpc) is 2.88. The van der Waals surface area contributed by atoms with Gasteiger partial charge in [0.05, 0.1) is 18.2 Å². The van der Waals surface area contributed by atoms with Crippen LogP contribution in [0.25, 0.3) is 5.82 Å². The molecule has 0 aromatic carbocycles. The van der Waals surface area contributed by atoms with Gasteiger partial charge in [0.1, 0.15) is 5.82 Å². The van der Waals surface area contributed by atoms with E-state index >= 15 is 0 Å². The summed E-state index contributed by atoms with van der Waals surface area (Å²) in [6.07, 6.45) is 2.64. The van der Waals surface area contributed by atoms with Crippen molar-refractivity contribution in [2.75, 3.05) is 5.32 Å². The van der Waals surface area contributed by atoms with E-state index in [0.717, 1.165) is 5.69 Å². The Morgan fingerprint density at radius 1 is 1.50 bits per heavy atom. The Kier molecular flexibility index (Phi) is 5.09. The lowest BCUT2D eigenvalue weighted by Gasteiger charge is -2.14. The molecule has 7 nitrogen and oxygen atoms in total. The molecule has 0 saturated heterocycles. The van der Waals surface area contributed by atoms with Gasteiger partial charge in [0, 0.05) is 18.3 Å². The van der Waals surface area contributed by atoms with E-state index in [4.69, 9.17) is 5.26 Å². The van der Waals surface area contributed by atoms with Crippen LogP contribution in [0, 0.1) is 18.3 Å². The number of nitrogens with zero attached hydrogens (tertiary/aromatic N) is 4. The molecular formula is C15H18N6O. The van der Waals surface area contributed by atoms with E-state index in [2.05, 4.69) is 26.8 Å². The predicted molar refractivity (Wildman–Crippen MR) is 82.6 cm³/mol. The number of nitriles is 1. The summed E-state index contributed by atoms with van der Waals surface area (Å²) < 4.78 is 1.57. The summed E-state index contributed by atoms with van der Waals surface area (Å²) in [4.78, 5) is 16.3. The fourth-order valence-corrected chi connectivity index (χ4v) is 1.99. The Bertz CT molecular complexity index is 673. The molecule has 0 spiro atoms. The maximum absolute atomic E-state index is 12.1. The van der Waals surface area contributed by atoms with E-state index in [1.165, 1.54) is 0 Å². The number of rotatable bonds is 5. The molecule has 0 aliphatic carbocycles. The van der Waals surface area contributed by atoms with E-state index in [0.29, 0.717) is 18.1 Å². The number of aromatic nitrogens is 3. The van der Waals surface area contributed by atoms with Crippen LogP contribution in [0.15, 0.2) is 30.5 Å². The molecule has 0 bridgehead atoms. The van der Waals surface area contributed by atoms with Gasteiger partial charge in [0.25, 0.3) is 0 Å². The van der Waals surface area contributed by atoms with Crippen LogP contribution >= 0.6 is 0 Å². The zero-order chi connectivity index (χ0) is 15.9. The Morgan fingerprint density at radius 3 is 2.95 bits per heavy atom. The first kappa shape index (κ1) is 15.5. The van der Waals surface area contributed by atoms with E-state index in [-0.39, 0.29) is 18.5 Å². The van der Waals surface area contributed by atoms with Gasteiger partial charge in [-0.25, -0.2) is 9.78 Å². The molecule has 2 heterocycles.